The van der Waals surface area contributed by atoms with Gasteiger partial charge in [0, 0.05) is 6.07 Å². The number of thioether (sulfide) groups is 1. The third-order valence-electron chi connectivity index (χ3n) is 4.14. The van der Waals surface area contributed by atoms with Crippen LogP contribution in [-0.4, -0.2) is 28.2 Å². The minimum absolute atomic E-state index is 0.260. The second kappa shape index (κ2) is 11.1. The van der Waals surface area contributed by atoms with Crippen LogP contribution >= 0.6 is 23.4 Å². The lowest BCUT2D eigenvalue weighted by Crippen LogP contribution is -2.17. The first-order valence-corrected chi connectivity index (χ1v) is 10.6. The summed E-state index contributed by atoms with van der Waals surface area (Å²) < 4.78 is 5.26. The van der Waals surface area contributed by atoms with Gasteiger partial charge in [0.1, 0.15) is 5.75 Å². The molecule has 0 aromatic heterocycles. The van der Waals surface area contributed by atoms with Crippen LogP contribution in [0.25, 0.3) is 6.08 Å². The molecule has 0 bridgehead atoms. The molecule has 33 heavy (non-hydrogen) atoms. The molecule has 0 aliphatic carbocycles. The van der Waals surface area contributed by atoms with E-state index in [2.05, 4.69) is 5.32 Å². The van der Waals surface area contributed by atoms with Crippen LogP contribution in [0.3, 0.4) is 0 Å². The Labute approximate surface area is 198 Å². The van der Waals surface area contributed by atoms with Gasteiger partial charge in [-0.3, -0.25) is 14.9 Å². The molecule has 1 aliphatic rings. The molecule has 166 valence electrons. The number of amides is 2. The fraction of sp³-hybridized carbons (Fsp3) is 0. The molecule has 2 N–H and O–H groups in total. The number of carbonyl (C=O) groups excluding carboxylic acids is 3. The van der Waals surface area contributed by atoms with Crippen molar-refractivity contribution in [1.82, 2.24) is 5.32 Å². The third-order valence-corrected chi connectivity index (χ3v) is 5.28. The van der Waals surface area contributed by atoms with Crippen molar-refractivity contribution in [2.24, 2.45) is 0 Å². The SMILES string of the molecule is O=C(O)c1ccccc1.O=C1NC(=O)/C(=C/c2ccc(OC(=O)c3ccccc3)cc2Cl)S1. The standard InChI is InChI=1S/C17H10ClNO4S.C7H6O2/c18-13-9-12(23-16(21)10-4-2-1-3-5-10)7-6-11(13)8-14-15(20)19-17(22)24-14;8-7(9)6-4-2-1-3-5-6/h1-9H,(H,19,20,22);1-5H,(H,8,9)/b14-8-;. The molecule has 0 atom stereocenters. The highest BCUT2D eigenvalue weighted by molar-refractivity contribution is 8.18. The first kappa shape index (κ1) is 23.8. The molecule has 1 heterocycles. The molecule has 0 unspecified atom stereocenters. The van der Waals surface area contributed by atoms with E-state index >= 15 is 0 Å². The van der Waals surface area contributed by atoms with Crippen LogP contribution in [0.5, 0.6) is 5.75 Å². The third kappa shape index (κ3) is 6.80. The highest BCUT2D eigenvalue weighted by atomic mass is 35.5. The van der Waals surface area contributed by atoms with E-state index < -0.39 is 23.1 Å². The number of esters is 1. The number of imide groups is 1. The Bertz CT molecular complexity index is 1230. The summed E-state index contributed by atoms with van der Waals surface area (Å²) in [5.74, 6) is -1.54. The van der Waals surface area contributed by atoms with Crippen molar-refractivity contribution >= 4 is 52.5 Å². The molecular weight excluding hydrogens is 466 g/mol. The highest BCUT2D eigenvalue weighted by Gasteiger charge is 2.25. The van der Waals surface area contributed by atoms with E-state index in [1.54, 1.807) is 72.8 Å². The van der Waals surface area contributed by atoms with E-state index in [1.165, 1.54) is 12.1 Å². The summed E-state index contributed by atoms with van der Waals surface area (Å²) in [5, 5.41) is 10.4. The van der Waals surface area contributed by atoms with E-state index in [9.17, 15) is 19.2 Å². The molecule has 3 aromatic carbocycles. The second-order valence-electron chi connectivity index (χ2n) is 6.46. The Morgan fingerprint density at radius 1 is 0.909 bits per heavy atom. The van der Waals surface area contributed by atoms with Crippen LogP contribution in [0.2, 0.25) is 5.02 Å². The smallest absolute Gasteiger partial charge is 0.343 e. The number of halogens is 1. The second-order valence-corrected chi connectivity index (χ2v) is 7.88. The van der Waals surface area contributed by atoms with Gasteiger partial charge in [0.05, 0.1) is 21.1 Å². The summed E-state index contributed by atoms with van der Waals surface area (Å²) in [6.07, 6.45) is 1.51. The fourth-order valence-electron chi connectivity index (χ4n) is 2.57. The van der Waals surface area contributed by atoms with E-state index in [1.807, 2.05) is 0 Å². The lowest BCUT2D eigenvalue weighted by molar-refractivity contribution is -0.115. The van der Waals surface area contributed by atoms with Crippen LogP contribution in [0, 0.1) is 0 Å². The number of rotatable bonds is 4. The largest absolute Gasteiger partial charge is 0.478 e. The van der Waals surface area contributed by atoms with Crippen LogP contribution in [-0.2, 0) is 4.79 Å². The summed E-state index contributed by atoms with van der Waals surface area (Å²) >= 11 is 6.97. The van der Waals surface area contributed by atoms with Gasteiger partial charge in [-0.1, -0.05) is 48.0 Å². The molecule has 1 saturated heterocycles. The molecule has 4 rings (SSSR count). The number of hydrogen-bond donors (Lipinski definition) is 2. The maximum atomic E-state index is 12.0. The number of hydrogen-bond acceptors (Lipinski definition) is 6. The zero-order chi connectivity index (χ0) is 23.8. The Kier molecular flexibility index (Phi) is 8.01. The topological polar surface area (TPSA) is 110 Å². The van der Waals surface area contributed by atoms with Crippen molar-refractivity contribution in [3.8, 4) is 5.75 Å². The molecule has 1 fully saturated rings. The van der Waals surface area contributed by atoms with Gasteiger partial charge in [0.15, 0.2) is 0 Å². The van der Waals surface area contributed by atoms with Gasteiger partial charge in [-0.25, -0.2) is 9.59 Å². The Hall–Kier alpha value is -3.88. The Balaban J connectivity index is 0.000000286. The molecule has 0 saturated carbocycles. The van der Waals surface area contributed by atoms with E-state index in [-0.39, 0.29) is 10.7 Å². The zero-order valence-electron chi connectivity index (χ0n) is 16.9. The first-order chi connectivity index (χ1) is 15.8. The predicted molar refractivity (Wildman–Crippen MR) is 125 cm³/mol. The molecule has 0 radical (unpaired) electrons. The lowest BCUT2D eigenvalue weighted by Gasteiger charge is -2.06. The monoisotopic (exact) mass is 481 g/mol. The summed E-state index contributed by atoms with van der Waals surface area (Å²) in [6, 6.07) is 21.5. The minimum atomic E-state index is -0.879. The fourth-order valence-corrected chi connectivity index (χ4v) is 3.47. The van der Waals surface area contributed by atoms with Gasteiger partial charge in [-0.15, -0.1) is 0 Å². The highest BCUT2D eigenvalue weighted by Crippen LogP contribution is 2.30. The maximum absolute atomic E-state index is 12.0. The van der Waals surface area contributed by atoms with Gasteiger partial charge >= 0.3 is 11.9 Å². The van der Waals surface area contributed by atoms with Gasteiger partial charge in [0.25, 0.3) is 11.1 Å². The Morgan fingerprint density at radius 3 is 2.00 bits per heavy atom. The van der Waals surface area contributed by atoms with Crippen LogP contribution in [0.4, 0.5) is 4.79 Å². The Morgan fingerprint density at radius 2 is 1.52 bits per heavy atom. The van der Waals surface area contributed by atoms with Crippen molar-refractivity contribution in [2.45, 2.75) is 0 Å². The average molecular weight is 482 g/mol. The van der Waals surface area contributed by atoms with E-state index in [4.69, 9.17) is 21.4 Å². The quantitative estimate of drug-likeness (QED) is 0.297. The normalized spacial score (nSPS) is 13.7. The molecule has 0 spiro atoms. The number of carboxylic acids is 1. The summed E-state index contributed by atoms with van der Waals surface area (Å²) in [4.78, 5) is 45.1. The molecule has 7 nitrogen and oxygen atoms in total. The summed E-state index contributed by atoms with van der Waals surface area (Å²) in [6.45, 7) is 0. The van der Waals surface area contributed by atoms with Crippen molar-refractivity contribution in [3.63, 3.8) is 0 Å². The molecule has 2 amide bonds. The number of nitrogens with one attached hydrogen (secondary N) is 1. The number of ether oxygens (including phenoxy) is 1. The average Bonchev–Trinajstić information content (AvgIpc) is 3.13. The summed E-state index contributed by atoms with van der Waals surface area (Å²) in [5.41, 5.74) is 1.30. The molecule has 9 heteroatoms. The zero-order valence-corrected chi connectivity index (χ0v) is 18.4. The van der Waals surface area contributed by atoms with Gasteiger partial charge in [0.2, 0.25) is 0 Å². The van der Waals surface area contributed by atoms with E-state index in [0.717, 1.165) is 11.8 Å². The van der Waals surface area contributed by atoms with Crippen LogP contribution in [0.15, 0.2) is 83.8 Å². The van der Waals surface area contributed by atoms with Crippen molar-refractivity contribution in [2.75, 3.05) is 0 Å². The van der Waals surface area contributed by atoms with E-state index in [0.29, 0.717) is 21.7 Å². The number of aromatic carboxylic acids is 1. The van der Waals surface area contributed by atoms with Crippen molar-refractivity contribution in [1.29, 1.82) is 0 Å². The number of benzene rings is 3. The maximum Gasteiger partial charge on any atom is 0.343 e. The van der Waals surface area contributed by atoms with Gasteiger partial charge in [-0.2, -0.15) is 0 Å². The van der Waals surface area contributed by atoms with Gasteiger partial charge < -0.3 is 9.84 Å². The van der Waals surface area contributed by atoms with Crippen molar-refractivity contribution in [3.05, 3.63) is 105 Å². The number of carbonyl (C=O) groups is 4. The molecule has 1 aliphatic heterocycles. The predicted octanol–water partition coefficient (Wildman–Crippen LogP) is 5.27. The van der Waals surface area contributed by atoms with Crippen LogP contribution in [0.1, 0.15) is 26.3 Å². The van der Waals surface area contributed by atoms with Gasteiger partial charge in [-0.05, 0) is 59.8 Å². The minimum Gasteiger partial charge on any atom is -0.478 e. The van der Waals surface area contributed by atoms with Crippen molar-refractivity contribution < 1.29 is 29.0 Å². The first-order valence-electron chi connectivity index (χ1n) is 9.43. The lowest BCUT2D eigenvalue weighted by atomic mass is 10.2. The molecular formula is C24H16ClNO6S. The molecule has 3 aromatic rings. The number of carboxylic acid groups (broad SMARTS) is 1. The van der Waals surface area contributed by atoms with Crippen LogP contribution < -0.4 is 10.1 Å². The summed E-state index contributed by atoms with van der Waals surface area (Å²) in [7, 11) is 0.